The van der Waals surface area contributed by atoms with E-state index >= 15 is 0 Å². The van der Waals surface area contributed by atoms with Crippen LogP contribution in [0.25, 0.3) is 0 Å². The monoisotopic (exact) mass is 441 g/mol. The zero-order valence-corrected chi connectivity index (χ0v) is 18.6. The molecule has 6 heteroatoms. The van der Waals surface area contributed by atoms with Crippen LogP contribution in [0.5, 0.6) is 5.75 Å². The van der Waals surface area contributed by atoms with Gasteiger partial charge in [-0.05, 0) is 67.1 Å². The van der Waals surface area contributed by atoms with Gasteiger partial charge in [0.05, 0.1) is 6.42 Å². The third-order valence-corrected chi connectivity index (χ3v) is 5.62. The van der Waals surface area contributed by atoms with Crippen molar-refractivity contribution in [1.29, 1.82) is 0 Å². The van der Waals surface area contributed by atoms with E-state index in [-0.39, 0.29) is 18.1 Å². The van der Waals surface area contributed by atoms with E-state index in [0.29, 0.717) is 5.69 Å². The molecule has 3 aromatic carbocycles. The number of ether oxygens (including phenoxy) is 1. The molecule has 0 saturated carbocycles. The topological polar surface area (TPSA) is 38.3 Å². The number of carbonyl (C=O) groups is 1. The second-order valence-electron chi connectivity index (χ2n) is 7.57. The molecule has 0 aliphatic heterocycles. The number of rotatable bonds is 8. The minimum absolute atomic E-state index is 0.0212. The molecule has 0 fully saturated rings. The van der Waals surface area contributed by atoms with Crippen LogP contribution in [-0.4, -0.2) is 11.7 Å². The normalized spacial score (nSPS) is 11.3. The van der Waals surface area contributed by atoms with E-state index in [9.17, 15) is 13.6 Å². The Morgan fingerprint density at radius 2 is 1.68 bits per heavy atom. The van der Waals surface area contributed by atoms with E-state index < -0.39 is 17.2 Å². The molecule has 3 nitrogen and oxygen atoms in total. The first-order valence-electron chi connectivity index (χ1n) is 10.0. The summed E-state index contributed by atoms with van der Waals surface area (Å²) < 4.78 is 32.8. The van der Waals surface area contributed by atoms with Crippen molar-refractivity contribution < 1.29 is 18.3 Å². The van der Waals surface area contributed by atoms with Gasteiger partial charge in [0.25, 0.3) is 0 Å². The van der Waals surface area contributed by atoms with Gasteiger partial charge >= 0.3 is 0 Å². The van der Waals surface area contributed by atoms with E-state index in [1.807, 2.05) is 36.4 Å². The highest BCUT2D eigenvalue weighted by atomic mass is 32.2. The Bertz CT molecular complexity index is 1030. The molecular weight excluding hydrogens is 416 g/mol. The number of carbonyl (C=O) groups excluding carboxylic acids is 1. The second-order valence-corrected chi connectivity index (χ2v) is 8.90. The molecule has 3 rings (SSSR count). The maximum Gasteiger partial charge on any atom is 0.228 e. The van der Waals surface area contributed by atoms with Crippen LogP contribution < -0.4 is 10.1 Å². The van der Waals surface area contributed by atoms with Crippen LogP contribution >= 0.6 is 11.8 Å². The molecule has 31 heavy (non-hydrogen) atoms. The molecule has 0 aromatic heterocycles. The maximum atomic E-state index is 13.9. The zero-order chi connectivity index (χ0) is 22.4. The van der Waals surface area contributed by atoms with Gasteiger partial charge in [-0.1, -0.05) is 31.2 Å². The maximum absolute atomic E-state index is 13.9. The molecule has 3 aromatic rings. The first kappa shape index (κ1) is 22.8. The molecule has 0 spiro atoms. The van der Waals surface area contributed by atoms with Crippen molar-refractivity contribution in [2.45, 2.75) is 37.7 Å². The summed E-state index contributed by atoms with van der Waals surface area (Å²) >= 11 is 1.76. The Morgan fingerprint density at radius 1 is 1.00 bits per heavy atom. The van der Waals surface area contributed by atoms with Gasteiger partial charge < -0.3 is 10.1 Å². The molecule has 0 bridgehead atoms. The average molecular weight is 442 g/mol. The summed E-state index contributed by atoms with van der Waals surface area (Å²) in [5, 5.41) is 2.89. The molecule has 1 N–H and O–H groups in total. The second kappa shape index (κ2) is 9.96. The quantitative estimate of drug-likeness (QED) is 0.402. The van der Waals surface area contributed by atoms with Crippen molar-refractivity contribution in [3.63, 3.8) is 0 Å². The zero-order valence-electron chi connectivity index (χ0n) is 17.7. The first-order valence-corrected chi connectivity index (χ1v) is 11.0. The molecule has 1 amide bonds. The SMILES string of the molecule is CCSc1ccc(CC(=O)Nc2ccc(C(C)(C)Oc3ccc(F)cc3F)cc2)cc1. The number of amides is 1. The highest BCUT2D eigenvalue weighted by Crippen LogP contribution is 2.30. The molecule has 0 aliphatic carbocycles. The van der Waals surface area contributed by atoms with E-state index in [1.54, 1.807) is 37.7 Å². The van der Waals surface area contributed by atoms with Crippen molar-refractivity contribution in [2.75, 3.05) is 11.1 Å². The number of thioether (sulfide) groups is 1. The van der Waals surface area contributed by atoms with Gasteiger partial charge in [-0.2, -0.15) is 0 Å². The lowest BCUT2D eigenvalue weighted by Crippen LogP contribution is -2.25. The molecule has 0 saturated heterocycles. The van der Waals surface area contributed by atoms with Gasteiger partial charge in [-0.3, -0.25) is 4.79 Å². The Morgan fingerprint density at radius 3 is 2.29 bits per heavy atom. The third kappa shape index (κ3) is 6.31. The van der Waals surface area contributed by atoms with Crippen molar-refractivity contribution >= 4 is 23.4 Å². The molecule has 0 radical (unpaired) electrons. The van der Waals surface area contributed by atoms with Crippen molar-refractivity contribution in [3.05, 3.63) is 89.5 Å². The van der Waals surface area contributed by atoms with Gasteiger partial charge in [0.2, 0.25) is 5.91 Å². The number of hydrogen-bond donors (Lipinski definition) is 1. The minimum Gasteiger partial charge on any atom is -0.480 e. The van der Waals surface area contributed by atoms with Crippen LogP contribution in [0.4, 0.5) is 14.5 Å². The Kier molecular flexibility index (Phi) is 7.33. The summed E-state index contributed by atoms with van der Waals surface area (Å²) in [5.41, 5.74) is 1.55. The van der Waals surface area contributed by atoms with E-state index in [2.05, 4.69) is 12.2 Å². The van der Waals surface area contributed by atoms with Crippen molar-refractivity contribution in [3.8, 4) is 5.75 Å². The van der Waals surface area contributed by atoms with E-state index in [0.717, 1.165) is 29.0 Å². The number of hydrogen-bond acceptors (Lipinski definition) is 3. The lowest BCUT2D eigenvalue weighted by atomic mass is 9.97. The fourth-order valence-corrected chi connectivity index (χ4v) is 3.77. The summed E-state index contributed by atoms with van der Waals surface area (Å²) in [4.78, 5) is 13.6. The van der Waals surface area contributed by atoms with Gasteiger partial charge in [-0.25, -0.2) is 8.78 Å². The third-order valence-electron chi connectivity index (χ3n) is 4.72. The van der Waals surface area contributed by atoms with Crippen LogP contribution in [0, 0.1) is 11.6 Å². The molecule has 0 atom stereocenters. The molecule has 0 aliphatic rings. The standard InChI is InChI=1S/C25H25F2NO2S/c1-4-31-21-12-5-17(6-13-21)15-24(29)28-20-10-7-18(8-11-20)25(2,3)30-23-14-9-19(26)16-22(23)27/h5-14,16H,4,15H2,1-3H3,(H,28,29). The van der Waals surface area contributed by atoms with Crippen LogP contribution in [-0.2, 0) is 16.8 Å². The Hall–Kier alpha value is -2.86. The summed E-state index contributed by atoms with van der Waals surface area (Å²) in [7, 11) is 0. The molecular formula is C25H25F2NO2S. The lowest BCUT2D eigenvalue weighted by molar-refractivity contribution is -0.115. The fraction of sp³-hybridized carbons (Fsp3) is 0.240. The van der Waals surface area contributed by atoms with E-state index in [4.69, 9.17) is 4.74 Å². The number of anilines is 1. The van der Waals surface area contributed by atoms with E-state index in [1.165, 1.54) is 11.0 Å². The van der Waals surface area contributed by atoms with Gasteiger partial charge in [-0.15, -0.1) is 11.8 Å². The van der Waals surface area contributed by atoms with Gasteiger partial charge in [0, 0.05) is 16.6 Å². The predicted octanol–water partition coefficient (Wildman–Crippen LogP) is 6.57. The highest BCUT2D eigenvalue weighted by molar-refractivity contribution is 7.99. The summed E-state index contributed by atoms with van der Waals surface area (Å²) in [6.07, 6.45) is 0.289. The lowest BCUT2D eigenvalue weighted by Gasteiger charge is -2.27. The first-order chi connectivity index (χ1) is 14.8. The van der Waals surface area contributed by atoms with Crippen molar-refractivity contribution in [2.24, 2.45) is 0 Å². The summed E-state index contributed by atoms with van der Waals surface area (Å²) in [6, 6.07) is 18.4. The highest BCUT2D eigenvalue weighted by Gasteiger charge is 2.24. The smallest absolute Gasteiger partial charge is 0.228 e. The summed E-state index contributed by atoms with van der Waals surface area (Å²) in [6.45, 7) is 5.69. The van der Waals surface area contributed by atoms with Crippen LogP contribution in [0.1, 0.15) is 31.9 Å². The Balaban J connectivity index is 1.61. The predicted molar refractivity (Wildman–Crippen MR) is 122 cm³/mol. The van der Waals surface area contributed by atoms with Gasteiger partial charge in [0.15, 0.2) is 11.6 Å². The molecule has 162 valence electrons. The largest absolute Gasteiger partial charge is 0.480 e. The number of nitrogens with one attached hydrogen (secondary N) is 1. The molecule has 0 unspecified atom stereocenters. The van der Waals surface area contributed by atoms with Crippen LogP contribution in [0.2, 0.25) is 0 Å². The van der Waals surface area contributed by atoms with Gasteiger partial charge in [0.1, 0.15) is 11.4 Å². The number of benzene rings is 3. The Labute approximate surface area is 185 Å². The minimum atomic E-state index is -0.848. The molecule has 0 heterocycles. The van der Waals surface area contributed by atoms with Crippen molar-refractivity contribution in [1.82, 2.24) is 0 Å². The average Bonchev–Trinajstić information content (AvgIpc) is 2.72. The van der Waals surface area contributed by atoms with Crippen LogP contribution in [0.3, 0.4) is 0 Å². The van der Waals surface area contributed by atoms with Crippen LogP contribution in [0.15, 0.2) is 71.6 Å². The number of halogens is 2. The summed E-state index contributed by atoms with van der Waals surface area (Å²) in [5.74, 6) is -0.521. The fourth-order valence-electron chi connectivity index (χ4n) is 3.11.